The van der Waals surface area contributed by atoms with Gasteiger partial charge in [0.15, 0.2) is 0 Å². The zero-order chi connectivity index (χ0) is 21.2. The number of para-hydroxylation sites is 1. The van der Waals surface area contributed by atoms with E-state index in [1.54, 1.807) is 43.4 Å². The first-order valence-corrected chi connectivity index (χ1v) is 10.6. The van der Waals surface area contributed by atoms with Crippen LogP contribution < -0.4 is 5.32 Å². The maximum Gasteiger partial charge on any atom is 0.340 e. The summed E-state index contributed by atoms with van der Waals surface area (Å²) in [5.41, 5.74) is 2.44. The van der Waals surface area contributed by atoms with Crippen molar-refractivity contribution in [2.24, 2.45) is 0 Å². The summed E-state index contributed by atoms with van der Waals surface area (Å²) in [6, 6.07) is 11.9. The van der Waals surface area contributed by atoms with Crippen molar-refractivity contribution in [2.75, 3.05) is 26.5 Å². The highest BCUT2D eigenvalue weighted by molar-refractivity contribution is 7.89. The molecule has 3 rings (SSSR count). The number of ether oxygens (including phenoxy) is 1. The molecule has 0 atom stereocenters. The maximum absolute atomic E-state index is 12.5. The fourth-order valence-electron chi connectivity index (χ4n) is 3.08. The van der Waals surface area contributed by atoms with Crippen LogP contribution in [0.4, 0.5) is 5.69 Å². The molecule has 0 aliphatic carbocycles. The minimum Gasteiger partial charge on any atom is -0.454 e. The van der Waals surface area contributed by atoms with Crippen molar-refractivity contribution in [3.8, 4) is 0 Å². The van der Waals surface area contributed by atoms with Gasteiger partial charge in [0.1, 0.15) is 12.4 Å². The number of fused-ring (bicyclic) bond motifs is 1. The quantitative estimate of drug-likeness (QED) is 0.595. The van der Waals surface area contributed by atoms with E-state index in [-0.39, 0.29) is 11.5 Å². The number of sulfonamides is 1. The summed E-state index contributed by atoms with van der Waals surface area (Å²) in [5.74, 6) is 0.0951. The third-order valence-electron chi connectivity index (χ3n) is 4.64. The Hall–Kier alpha value is -2.91. The number of benzene rings is 2. The van der Waals surface area contributed by atoms with Gasteiger partial charge in [0.25, 0.3) is 0 Å². The summed E-state index contributed by atoms with van der Waals surface area (Å²) in [5, 5.41) is 2.97. The van der Waals surface area contributed by atoms with Crippen LogP contribution in [-0.4, -0.2) is 49.4 Å². The average Bonchev–Trinajstić information content (AvgIpc) is 3.08. The van der Waals surface area contributed by atoms with E-state index in [1.807, 2.05) is 17.6 Å². The number of carbonyl (C=O) groups is 1. The van der Waals surface area contributed by atoms with Crippen LogP contribution in [0, 0.1) is 0 Å². The lowest BCUT2D eigenvalue weighted by atomic mass is 10.2. The van der Waals surface area contributed by atoms with Crippen molar-refractivity contribution in [1.82, 2.24) is 13.9 Å². The van der Waals surface area contributed by atoms with E-state index < -0.39 is 16.0 Å². The predicted octanol–water partition coefficient (Wildman–Crippen LogP) is 2.71. The predicted molar refractivity (Wildman–Crippen MR) is 111 cm³/mol. The first kappa shape index (κ1) is 20.8. The van der Waals surface area contributed by atoms with E-state index in [2.05, 4.69) is 10.3 Å². The molecule has 1 N–H and O–H groups in total. The molecule has 0 bridgehead atoms. The zero-order valence-electron chi connectivity index (χ0n) is 16.8. The molecule has 0 amide bonds. The highest BCUT2D eigenvalue weighted by Crippen LogP contribution is 2.23. The number of nitrogens with one attached hydrogen (secondary N) is 1. The molecule has 0 saturated heterocycles. The summed E-state index contributed by atoms with van der Waals surface area (Å²) in [6.45, 7) is 2.54. The van der Waals surface area contributed by atoms with Gasteiger partial charge in [0.2, 0.25) is 10.0 Å². The smallest absolute Gasteiger partial charge is 0.340 e. The number of anilines is 1. The Morgan fingerprint density at radius 1 is 1.21 bits per heavy atom. The van der Waals surface area contributed by atoms with Crippen molar-refractivity contribution < 1.29 is 17.9 Å². The highest BCUT2D eigenvalue weighted by atomic mass is 32.2. The number of rotatable bonds is 7. The van der Waals surface area contributed by atoms with E-state index in [1.165, 1.54) is 14.1 Å². The largest absolute Gasteiger partial charge is 0.454 e. The van der Waals surface area contributed by atoms with Gasteiger partial charge in [-0.1, -0.05) is 12.1 Å². The van der Waals surface area contributed by atoms with E-state index in [9.17, 15) is 13.2 Å². The van der Waals surface area contributed by atoms with Gasteiger partial charge in [-0.05, 0) is 37.3 Å². The van der Waals surface area contributed by atoms with E-state index in [0.29, 0.717) is 29.1 Å². The molecular weight excluding hydrogens is 392 g/mol. The van der Waals surface area contributed by atoms with Crippen LogP contribution >= 0.6 is 0 Å². The van der Waals surface area contributed by atoms with Crippen LogP contribution in [0.25, 0.3) is 11.0 Å². The molecule has 0 unspecified atom stereocenters. The third-order valence-corrected chi connectivity index (χ3v) is 6.45. The lowest BCUT2D eigenvalue weighted by molar-refractivity contribution is 0.0460. The average molecular weight is 417 g/mol. The number of imidazole rings is 1. The third kappa shape index (κ3) is 3.96. The normalized spacial score (nSPS) is 11.8. The van der Waals surface area contributed by atoms with Crippen LogP contribution in [0.15, 0.2) is 47.4 Å². The summed E-state index contributed by atoms with van der Waals surface area (Å²) in [4.78, 5) is 17.2. The molecule has 0 radical (unpaired) electrons. The van der Waals surface area contributed by atoms with E-state index >= 15 is 0 Å². The summed E-state index contributed by atoms with van der Waals surface area (Å²) in [6.07, 6.45) is 0. The van der Waals surface area contributed by atoms with Crippen LogP contribution in [0.2, 0.25) is 0 Å². The second kappa shape index (κ2) is 8.22. The van der Waals surface area contributed by atoms with Gasteiger partial charge in [0.05, 0.1) is 21.5 Å². The van der Waals surface area contributed by atoms with Crippen LogP contribution in [0.1, 0.15) is 23.1 Å². The van der Waals surface area contributed by atoms with Gasteiger partial charge in [-0.25, -0.2) is 22.5 Å². The first-order valence-electron chi connectivity index (χ1n) is 9.15. The molecule has 0 fully saturated rings. The second-order valence-corrected chi connectivity index (χ2v) is 8.73. The number of aryl methyl sites for hydroxylation is 1. The molecule has 29 heavy (non-hydrogen) atoms. The van der Waals surface area contributed by atoms with Crippen molar-refractivity contribution in [3.05, 3.63) is 53.9 Å². The highest BCUT2D eigenvalue weighted by Gasteiger charge is 2.20. The van der Waals surface area contributed by atoms with Gasteiger partial charge in [-0.15, -0.1) is 0 Å². The molecule has 9 heteroatoms. The second-order valence-electron chi connectivity index (χ2n) is 6.58. The Morgan fingerprint density at radius 2 is 1.93 bits per heavy atom. The standard InChI is InChI=1S/C20H24N4O4S/c1-5-24-18-11-10-14(29(26,27)23(3)4)12-17(18)22-19(24)13-28-20(25)15-8-6-7-9-16(15)21-2/h6-12,21H,5,13H2,1-4H3. The number of esters is 1. The molecule has 0 spiro atoms. The molecule has 3 aromatic rings. The molecule has 1 heterocycles. The molecule has 0 aliphatic rings. The monoisotopic (exact) mass is 416 g/mol. The molecular formula is C20H24N4O4S. The number of nitrogens with zero attached hydrogens (tertiary/aromatic N) is 3. The lowest BCUT2D eigenvalue weighted by Gasteiger charge is -2.11. The molecule has 8 nitrogen and oxygen atoms in total. The van der Waals surface area contributed by atoms with Gasteiger partial charge >= 0.3 is 5.97 Å². The maximum atomic E-state index is 12.5. The van der Waals surface area contributed by atoms with Gasteiger partial charge in [0, 0.05) is 33.4 Å². The Labute approximate surface area is 170 Å². The SMILES string of the molecule is CCn1c(COC(=O)c2ccccc2NC)nc2cc(S(=O)(=O)N(C)C)ccc21. The fourth-order valence-corrected chi connectivity index (χ4v) is 4.00. The zero-order valence-corrected chi connectivity index (χ0v) is 17.7. The van der Waals surface area contributed by atoms with Crippen molar-refractivity contribution >= 4 is 32.7 Å². The van der Waals surface area contributed by atoms with E-state index in [4.69, 9.17) is 4.74 Å². The van der Waals surface area contributed by atoms with Crippen molar-refractivity contribution in [2.45, 2.75) is 25.0 Å². The molecule has 0 aliphatic heterocycles. The van der Waals surface area contributed by atoms with Crippen LogP contribution in [0.5, 0.6) is 0 Å². The number of hydrogen-bond acceptors (Lipinski definition) is 6. The Bertz CT molecular complexity index is 1150. The molecule has 0 saturated carbocycles. The summed E-state index contributed by atoms with van der Waals surface area (Å²) in [7, 11) is 1.15. The topological polar surface area (TPSA) is 93.5 Å². The molecule has 154 valence electrons. The minimum absolute atomic E-state index is 0.0187. The number of aromatic nitrogens is 2. The van der Waals surface area contributed by atoms with Crippen LogP contribution in [-0.2, 0) is 27.9 Å². The fraction of sp³-hybridized carbons (Fsp3) is 0.300. The van der Waals surface area contributed by atoms with Crippen LogP contribution in [0.3, 0.4) is 0 Å². The summed E-state index contributed by atoms with van der Waals surface area (Å²) >= 11 is 0. The Balaban J connectivity index is 1.90. The van der Waals surface area contributed by atoms with Gasteiger partial charge < -0.3 is 14.6 Å². The Kier molecular flexibility index (Phi) is 5.90. The molecule has 1 aromatic heterocycles. The minimum atomic E-state index is -3.56. The van der Waals surface area contributed by atoms with E-state index in [0.717, 1.165) is 9.82 Å². The van der Waals surface area contributed by atoms with Crippen molar-refractivity contribution in [3.63, 3.8) is 0 Å². The lowest BCUT2D eigenvalue weighted by Crippen LogP contribution is -2.22. The van der Waals surface area contributed by atoms with Gasteiger partial charge in [-0.2, -0.15) is 0 Å². The number of carbonyl (C=O) groups excluding carboxylic acids is 1. The van der Waals surface area contributed by atoms with Crippen molar-refractivity contribution in [1.29, 1.82) is 0 Å². The first-order chi connectivity index (χ1) is 13.8. The number of hydrogen-bond donors (Lipinski definition) is 1. The summed E-state index contributed by atoms with van der Waals surface area (Å²) < 4.78 is 33.3. The van der Waals surface area contributed by atoms with Gasteiger partial charge in [-0.3, -0.25) is 0 Å². The molecule has 2 aromatic carbocycles. The Morgan fingerprint density at radius 3 is 2.59 bits per heavy atom.